The molecule has 1 heterocycles. The predicted octanol–water partition coefficient (Wildman–Crippen LogP) is 2.80. The SMILES string of the molecule is Cc1cc(Cl)ccc1C(=O)NCC[C@H]1CCOC1. The molecular weight excluding hydrogens is 250 g/mol. The molecule has 1 atom stereocenters. The number of hydrogen-bond donors (Lipinski definition) is 1. The summed E-state index contributed by atoms with van der Waals surface area (Å²) in [6.45, 7) is 4.28. The molecule has 1 amide bonds. The van der Waals surface area contributed by atoms with E-state index in [2.05, 4.69) is 5.32 Å². The van der Waals surface area contributed by atoms with Crippen molar-refractivity contribution < 1.29 is 9.53 Å². The van der Waals surface area contributed by atoms with Crippen molar-refractivity contribution >= 4 is 17.5 Å². The first kappa shape index (κ1) is 13.4. The molecule has 1 aliphatic rings. The lowest BCUT2D eigenvalue weighted by Crippen LogP contribution is -2.26. The van der Waals surface area contributed by atoms with Gasteiger partial charge in [-0.25, -0.2) is 0 Å². The number of rotatable bonds is 4. The molecule has 0 saturated carbocycles. The maximum Gasteiger partial charge on any atom is 0.251 e. The molecule has 0 aliphatic carbocycles. The van der Waals surface area contributed by atoms with Gasteiger partial charge in [0.2, 0.25) is 0 Å². The summed E-state index contributed by atoms with van der Waals surface area (Å²) in [7, 11) is 0. The third-order valence-corrected chi connectivity index (χ3v) is 3.53. The minimum atomic E-state index is -0.0249. The van der Waals surface area contributed by atoms with Crippen LogP contribution in [-0.2, 0) is 4.74 Å². The van der Waals surface area contributed by atoms with Crippen molar-refractivity contribution in [3.05, 3.63) is 34.3 Å². The number of carbonyl (C=O) groups excluding carboxylic acids is 1. The van der Waals surface area contributed by atoms with Gasteiger partial charge in [0.25, 0.3) is 5.91 Å². The van der Waals surface area contributed by atoms with Crippen LogP contribution in [0.3, 0.4) is 0 Å². The summed E-state index contributed by atoms with van der Waals surface area (Å²) in [6.07, 6.45) is 2.09. The molecule has 18 heavy (non-hydrogen) atoms. The molecular formula is C14H18ClNO2. The number of halogens is 1. The van der Waals surface area contributed by atoms with Gasteiger partial charge < -0.3 is 10.1 Å². The topological polar surface area (TPSA) is 38.3 Å². The van der Waals surface area contributed by atoms with E-state index in [1.54, 1.807) is 18.2 Å². The maximum atomic E-state index is 12.0. The zero-order valence-corrected chi connectivity index (χ0v) is 11.3. The largest absolute Gasteiger partial charge is 0.381 e. The third-order valence-electron chi connectivity index (χ3n) is 3.30. The minimum Gasteiger partial charge on any atom is -0.381 e. The van der Waals surface area contributed by atoms with Gasteiger partial charge in [-0.15, -0.1) is 0 Å². The van der Waals surface area contributed by atoms with E-state index in [1.165, 1.54) is 0 Å². The average Bonchev–Trinajstić information content (AvgIpc) is 2.81. The normalized spacial score (nSPS) is 18.9. The van der Waals surface area contributed by atoms with Crippen LogP contribution in [0.5, 0.6) is 0 Å². The Kier molecular flexibility index (Phi) is 4.61. The summed E-state index contributed by atoms with van der Waals surface area (Å²) in [5.41, 5.74) is 1.60. The molecule has 3 nitrogen and oxygen atoms in total. The smallest absolute Gasteiger partial charge is 0.251 e. The Bertz CT molecular complexity index is 428. The van der Waals surface area contributed by atoms with Crippen molar-refractivity contribution in [1.82, 2.24) is 5.32 Å². The number of amides is 1. The Morgan fingerprint density at radius 1 is 1.56 bits per heavy atom. The summed E-state index contributed by atoms with van der Waals surface area (Å²) in [5, 5.41) is 3.61. The molecule has 0 spiro atoms. The van der Waals surface area contributed by atoms with E-state index in [0.717, 1.165) is 31.6 Å². The zero-order valence-electron chi connectivity index (χ0n) is 10.5. The summed E-state index contributed by atoms with van der Waals surface area (Å²) < 4.78 is 5.30. The van der Waals surface area contributed by atoms with Gasteiger partial charge in [-0.05, 0) is 49.4 Å². The van der Waals surface area contributed by atoms with E-state index < -0.39 is 0 Å². The van der Waals surface area contributed by atoms with Crippen molar-refractivity contribution in [3.63, 3.8) is 0 Å². The van der Waals surface area contributed by atoms with E-state index in [9.17, 15) is 4.79 Å². The van der Waals surface area contributed by atoms with Gasteiger partial charge in [0, 0.05) is 30.3 Å². The van der Waals surface area contributed by atoms with Gasteiger partial charge in [0.1, 0.15) is 0 Å². The lowest BCUT2D eigenvalue weighted by molar-refractivity contribution is 0.0950. The number of carbonyl (C=O) groups is 1. The molecule has 1 aromatic carbocycles. The van der Waals surface area contributed by atoms with E-state index in [1.807, 2.05) is 6.92 Å². The number of aryl methyl sites for hydroxylation is 1. The van der Waals surface area contributed by atoms with Crippen LogP contribution in [0.1, 0.15) is 28.8 Å². The van der Waals surface area contributed by atoms with Gasteiger partial charge >= 0.3 is 0 Å². The van der Waals surface area contributed by atoms with Gasteiger partial charge in [0.05, 0.1) is 0 Å². The van der Waals surface area contributed by atoms with Crippen molar-refractivity contribution in [2.24, 2.45) is 5.92 Å². The highest BCUT2D eigenvalue weighted by Gasteiger charge is 2.16. The Morgan fingerprint density at radius 3 is 3.06 bits per heavy atom. The highest BCUT2D eigenvalue weighted by Crippen LogP contribution is 2.17. The summed E-state index contributed by atoms with van der Waals surface area (Å²) in [6, 6.07) is 5.32. The molecule has 2 rings (SSSR count). The Labute approximate surface area is 112 Å². The molecule has 1 fully saturated rings. The molecule has 0 radical (unpaired) electrons. The first-order chi connectivity index (χ1) is 8.66. The Morgan fingerprint density at radius 2 is 2.39 bits per heavy atom. The standard InChI is InChI=1S/C14H18ClNO2/c1-10-8-12(15)2-3-13(10)14(17)16-6-4-11-5-7-18-9-11/h2-3,8,11H,4-7,9H2,1H3,(H,16,17)/t11-/m0/s1. The second kappa shape index (κ2) is 6.21. The highest BCUT2D eigenvalue weighted by molar-refractivity contribution is 6.30. The third kappa shape index (κ3) is 3.47. The van der Waals surface area contributed by atoms with Crippen LogP contribution in [0.2, 0.25) is 5.02 Å². The van der Waals surface area contributed by atoms with Crippen LogP contribution in [-0.4, -0.2) is 25.7 Å². The summed E-state index contributed by atoms with van der Waals surface area (Å²) in [5.74, 6) is 0.569. The molecule has 0 aromatic heterocycles. The van der Waals surface area contributed by atoms with E-state index in [0.29, 0.717) is 23.0 Å². The Hall–Kier alpha value is -1.06. The van der Waals surface area contributed by atoms with Gasteiger partial charge in [0.15, 0.2) is 0 Å². The first-order valence-corrected chi connectivity index (χ1v) is 6.66. The van der Waals surface area contributed by atoms with E-state index in [4.69, 9.17) is 16.3 Å². The summed E-state index contributed by atoms with van der Waals surface area (Å²) in [4.78, 5) is 12.0. The number of hydrogen-bond acceptors (Lipinski definition) is 2. The molecule has 98 valence electrons. The first-order valence-electron chi connectivity index (χ1n) is 6.29. The van der Waals surface area contributed by atoms with Gasteiger partial charge in [-0.2, -0.15) is 0 Å². The van der Waals surface area contributed by atoms with Crippen molar-refractivity contribution in [2.45, 2.75) is 19.8 Å². The molecule has 0 unspecified atom stereocenters. The molecule has 1 N–H and O–H groups in total. The Balaban J connectivity index is 1.83. The average molecular weight is 268 g/mol. The minimum absolute atomic E-state index is 0.0249. The van der Waals surface area contributed by atoms with Gasteiger partial charge in [-0.3, -0.25) is 4.79 Å². The lowest BCUT2D eigenvalue weighted by Gasteiger charge is -2.10. The molecule has 0 bridgehead atoms. The van der Waals surface area contributed by atoms with Crippen molar-refractivity contribution in [2.75, 3.05) is 19.8 Å². The quantitative estimate of drug-likeness (QED) is 0.911. The molecule has 1 aliphatic heterocycles. The van der Waals surface area contributed by atoms with Crippen molar-refractivity contribution in [3.8, 4) is 0 Å². The number of benzene rings is 1. The fraction of sp³-hybridized carbons (Fsp3) is 0.500. The summed E-state index contributed by atoms with van der Waals surface area (Å²) >= 11 is 5.87. The molecule has 1 saturated heterocycles. The fourth-order valence-electron chi connectivity index (χ4n) is 2.18. The monoisotopic (exact) mass is 267 g/mol. The van der Waals surface area contributed by atoms with Crippen LogP contribution in [0.4, 0.5) is 0 Å². The second-order valence-electron chi connectivity index (χ2n) is 4.73. The van der Waals surface area contributed by atoms with Crippen LogP contribution in [0, 0.1) is 12.8 Å². The lowest BCUT2D eigenvalue weighted by atomic mass is 10.0. The number of ether oxygens (including phenoxy) is 1. The van der Waals surface area contributed by atoms with E-state index >= 15 is 0 Å². The maximum absolute atomic E-state index is 12.0. The van der Waals surface area contributed by atoms with Crippen LogP contribution >= 0.6 is 11.6 Å². The van der Waals surface area contributed by atoms with Crippen LogP contribution < -0.4 is 5.32 Å². The second-order valence-corrected chi connectivity index (χ2v) is 5.17. The van der Waals surface area contributed by atoms with Crippen LogP contribution in [0.15, 0.2) is 18.2 Å². The van der Waals surface area contributed by atoms with Crippen molar-refractivity contribution in [1.29, 1.82) is 0 Å². The highest BCUT2D eigenvalue weighted by atomic mass is 35.5. The van der Waals surface area contributed by atoms with E-state index in [-0.39, 0.29) is 5.91 Å². The number of nitrogens with one attached hydrogen (secondary N) is 1. The van der Waals surface area contributed by atoms with Gasteiger partial charge in [-0.1, -0.05) is 11.6 Å². The predicted molar refractivity (Wildman–Crippen MR) is 72.1 cm³/mol. The zero-order chi connectivity index (χ0) is 13.0. The molecule has 4 heteroatoms. The van der Waals surface area contributed by atoms with Crippen LogP contribution in [0.25, 0.3) is 0 Å². The fourth-order valence-corrected chi connectivity index (χ4v) is 2.40. The molecule has 1 aromatic rings.